The Morgan fingerprint density at radius 2 is 2.13 bits per heavy atom. The lowest BCUT2D eigenvalue weighted by Gasteiger charge is -2.02. The minimum atomic E-state index is -0.167. The number of aryl methyl sites for hydroxylation is 1. The first-order valence-electron chi connectivity index (χ1n) is 7.77. The van der Waals surface area contributed by atoms with E-state index in [9.17, 15) is 4.79 Å². The summed E-state index contributed by atoms with van der Waals surface area (Å²) < 4.78 is 5.67. The molecule has 23 heavy (non-hydrogen) atoms. The van der Waals surface area contributed by atoms with E-state index < -0.39 is 0 Å². The predicted octanol–water partition coefficient (Wildman–Crippen LogP) is 4.29. The highest BCUT2D eigenvalue weighted by atomic mass is 32.1. The van der Waals surface area contributed by atoms with Gasteiger partial charge in [-0.25, -0.2) is 4.98 Å². The van der Waals surface area contributed by atoms with Crippen LogP contribution in [0.15, 0.2) is 34.1 Å². The lowest BCUT2D eigenvalue weighted by atomic mass is 10.1. The third-order valence-corrected chi connectivity index (χ3v) is 4.76. The maximum atomic E-state index is 12.3. The number of furan rings is 1. The molecular weight excluding hydrogens is 308 g/mol. The van der Waals surface area contributed by atoms with Crippen LogP contribution in [0.2, 0.25) is 0 Å². The molecule has 3 rings (SSSR count). The molecule has 1 amide bonds. The highest BCUT2D eigenvalue weighted by molar-refractivity contribution is 7.09. The first-order chi connectivity index (χ1) is 11.1. The molecule has 1 aromatic carbocycles. The molecule has 120 valence electrons. The molecule has 4 nitrogen and oxygen atoms in total. The molecule has 2 aromatic heterocycles. The van der Waals surface area contributed by atoms with Crippen molar-refractivity contribution in [3.8, 4) is 0 Å². The number of amides is 1. The van der Waals surface area contributed by atoms with E-state index in [2.05, 4.69) is 29.5 Å². The van der Waals surface area contributed by atoms with Gasteiger partial charge in [-0.3, -0.25) is 4.79 Å². The molecular formula is C18H20N2O2S. The van der Waals surface area contributed by atoms with Gasteiger partial charge in [0, 0.05) is 29.3 Å². The highest BCUT2D eigenvalue weighted by Crippen LogP contribution is 2.24. The third-order valence-electron chi connectivity index (χ3n) is 3.84. The van der Waals surface area contributed by atoms with Crippen molar-refractivity contribution in [2.45, 2.75) is 33.1 Å². The normalized spacial score (nSPS) is 11.3. The van der Waals surface area contributed by atoms with Gasteiger partial charge in [-0.05, 0) is 18.9 Å². The first kappa shape index (κ1) is 15.7. The Bertz CT molecular complexity index is 833. The number of thiazole rings is 1. The molecule has 0 aliphatic heterocycles. The van der Waals surface area contributed by atoms with E-state index in [0.29, 0.717) is 18.2 Å². The second kappa shape index (κ2) is 6.54. The molecule has 0 saturated carbocycles. The van der Waals surface area contributed by atoms with Crippen molar-refractivity contribution in [1.82, 2.24) is 10.3 Å². The summed E-state index contributed by atoms with van der Waals surface area (Å²) in [5, 5.41) is 7.05. The minimum absolute atomic E-state index is 0.167. The van der Waals surface area contributed by atoms with Crippen LogP contribution in [0.5, 0.6) is 0 Å². The van der Waals surface area contributed by atoms with Crippen molar-refractivity contribution >= 4 is 28.2 Å². The number of carbonyl (C=O) groups excluding carboxylic acids is 1. The Labute approximate surface area is 139 Å². The number of para-hydroxylation sites is 1. The summed E-state index contributed by atoms with van der Waals surface area (Å²) in [6, 6.07) is 7.69. The van der Waals surface area contributed by atoms with Crippen LogP contribution in [0.25, 0.3) is 11.0 Å². The van der Waals surface area contributed by atoms with Crippen molar-refractivity contribution in [2.24, 2.45) is 0 Å². The van der Waals surface area contributed by atoms with Crippen LogP contribution in [-0.2, 0) is 6.42 Å². The Morgan fingerprint density at radius 1 is 1.35 bits per heavy atom. The van der Waals surface area contributed by atoms with Crippen molar-refractivity contribution in [3.05, 3.63) is 51.7 Å². The average Bonchev–Trinajstić information content (AvgIpc) is 3.13. The Kier molecular flexibility index (Phi) is 4.48. The van der Waals surface area contributed by atoms with Crippen molar-refractivity contribution in [3.63, 3.8) is 0 Å². The number of benzene rings is 1. The molecule has 0 bridgehead atoms. The van der Waals surface area contributed by atoms with Gasteiger partial charge < -0.3 is 9.73 Å². The van der Waals surface area contributed by atoms with Gasteiger partial charge in [-0.1, -0.05) is 32.0 Å². The van der Waals surface area contributed by atoms with Gasteiger partial charge in [0.15, 0.2) is 5.76 Å². The number of aromatic nitrogens is 1. The fourth-order valence-corrected chi connectivity index (χ4v) is 3.42. The molecule has 3 aromatic rings. The van der Waals surface area contributed by atoms with Gasteiger partial charge in [-0.2, -0.15) is 0 Å². The van der Waals surface area contributed by atoms with E-state index in [1.807, 2.05) is 31.2 Å². The van der Waals surface area contributed by atoms with Gasteiger partial charge in [-0.15, -0.1) is 11.3 Å². The van der Waals surface area contributed by atoms with Crippen LogP contribution in [0.3, 0.4) is 0 Å². The summed E-state index contributed by atoms with van der Waals surface area (Å²) in [5.74, 6) is 0.667. The number of rotatable bonds is 5. The van der Waals surface area contributed by atoms with Gasteiger partial charge in [0.25, 0.3) is 5.91 Å². The van der Waals surface area contributed by atoms with E-state index in [0.717, 1.165) is 33.7 Å². The molecule has 0 aliphatic rings. The Morgan fingerprint density at radius 3 is 2.83 bits per heavy atom. The summed E-state index contributed by atoms with van der Waals surface area (Å²) in [4.78, 5) is 16.9. The van der Waals surface area contributed by atoms with Gasteiger partial charge >= 0.3 is 0 Å². The van der Waals surface area contributed by atoms with E-state index in [-0.39, 0.29) is 5.91 Å². The summed E-state index contributed by atoms with van der Waals surface area (Å²) in [6.07, 6.45) is 0.738. The zero-order valence-corrected chi connectivity index (χ0v) is 14.4. The lowest BCUT2D eigenvalue weighted by molar-refractivity contribution is 0.0928. The first-order valence-corrected chi connectivity index (χ1v) is 8.65. The Balaban J connectivity index is 1.63. The van der Waals surface area contributed by atoms with E-state index in [1.54, 1.807) is 11.3 Å². The number of carbonyl (C=O) groups is 1. The molecule has 0 atom stereocenters. The number of fused-ring (bicyclic) bond motifs is 1. The summed E-state index contributed by atoms with van der Waals surface area (Å²) in [7, 11) is 0. The maximum Gasteiger partial charge on any atom is 0.287 e. The molecule has 2 heterocycles. The highest BCUT2D eigenvalue weighted by Gasteiger charge is 2.17. The van der Waals surface area contributed by atoms with Gasteiger partial charge in [0.05, 0.1) is 10.7 Å². The van der Waals surface area contributed by atoms with Crippen LogP contribution in [-0.4, -0.2) is 17.4 Å². The fraction of sp³-hybridized carbons (Fsp3) is 0.333. The van der Waals surface area contributed by atoms with Crippen LogP contribution in [0.4, 0.5) is 0 Å². The van der Waals surface area contributed by atoms with E-state index in [1.165, 1.54) is 0 Å². The second-order valence-corrected chi connectivity index (χ2v) is 6.82. The smallest absolute Gasteiger partial charge is 0.287 e. The van der Waals surface area contributed by atoms with Crippen LogP contribution in [0, 0.1) is 6.92 Å². The largest absolute Gasteiger partial charge is 0.451 e. The number of hydrogen-bond donors (Lipinski definition) is 1. The number of nitrogens with one attached hydrogen (secondary N) is 1. The molecule has 0 saturated heterocycles. The molecule has 0 fully saturated rings. The Hall–Kier alpha value is -2.14. The van der Waals surface area contributed by atoms with Crippen LogP contribution >= 0.6 is 11.3 Å². The SMILES string of the molecule is Cc1c(C(=O)NCCc2nc(C(C)C)cs2)oc2ccccc12. The quantitative estimate of drug-likeness (QED) is 0.760. The molecule has 0 spiro atoms. The summed E-state index contributed by atoms with van der Waals surface area (Å²) >= 11 is 1.65. The third kappa shape index (κ3) is 3.29. The summed E-state index contributed by atoms with van der Waals surface area (Å²) in [6.45, 7) is 6.73. The van der Waals surface area contributed by atoms with Crippen molar-refractivity contribution < 1.29 is 9.21 Å². The predicted molar refractivity (Wildman–Crippen MR) is 93.2 cm³/mol. The molecule has 0 aliphatic carbocycles. The van der Waals surface area contributed by atoms with Gasteiger partial charge in [0.2, 0.25) is 0 Å². The zero-order valence-electron chi connectivity index (χ0n) is 13.6. The van der Waals surface area contributed by atoms with Crippen LogP contribution < -0.4 is 5.32 Å². The average molecular weight is 328 g/mol. The fourth-order valence-electron chi connectivity index (χ4n) is 2.46. The van der Waals surface area contributed by atoms with Gasteiger partial charge in [0.1, 0.15) is 5.58 Å². The molecule has 5 heteroatoms. The monoisotopic (exact) mass is 328 g/mol. The van der Waals surface area contributed by atoms with Crippen molar-refractivity contribution in [1.29, 1.82) is 0 Å². The number of hydrogen-bond acceptors (Lipinski definition) is 4. The minimum Gasteiger partial charge on any atom is -0.451 e. The maximum absolute atomic E-state index is 12.3. The van der Waals surface area contributed by atoms with Crippen LogP contribution in [0.1, 0.15) is 46.6 Å². The summed E-state index contributed by atoms with van der Waals surface area (Å²) in [5.41, 5.74) is 2.75. The number of nitrogens with zero attached hydrogens (tertiary/aromatic N) is 1. The van der Waals surface area contributed by atoms with E-state index >= 15 is 0 Å². The zero-order chi connectivity index (χ0) is 16.4. The molecule has 0 unspecified atom stereocenters. The molecule has 0 radical (unpaired) electrons. The van der Waals surface area contributed by atoms with Crippen molar-refractivity contribution in [2.75, 3.05) is 6.54 Å². The second-order valence-electron chi connectivity index (χ2n) is 5.88. The standard InChI is InChI=1S/C18H20N2O2S/c1-11(2)14-10-23-16(20-14)8-9-19-18(21)17-12(3)13-6-4-5-7-15(13)22-17/h4-7,10-11H,8-9H2,1-3H3,(H,19,21). The topological polar surface area (TPSA) is 55.1 Å². The lowest BCUT2D eigenvalue weighted by Crippen LogP contribution is -2.25. The molecule has 1 N–H and O–H groups in total. The van der Waals surface area contributed by atoms with E-state index in [4.69, 9.17) is 4.42 Å².